The van der Waals surface area contributed by atoms with Crippen LogP contribution in [0.25, 0.3) is 0 Å². The van der Waals surface area contributed by atoms with Crippen LogP contribution in [0.5, 0.6) is 0 Å². The number of nitrogens with zero attached hydrogens (tertiary/aromatic N) is 1. The van der Waals surface area contributed by atoms with Crippen LogP contribution >= 0.6 is 0 Å². The molecule has 0 radical (unpaired) electrons. The van der Waals surface area contributed by atoms with Crippen LogP contribution in [0.1, 0.15) is 23.1 Å². The molecule has 0 aliphatic carbocycles. The van der Waals surface area contributed by atoms with Crippen molar-refractivity contribution in [2.75, 3.05) is 5.32 Å². The minimum Gasteiger partial charge on any atom is -0.352 e. The van der Waals surface area contributed by atoms with Crippen LogP contribution < -0.4 is 10.6 Å². The van der Waals surface area contributed by atoms with Gasteiger partial charge in [0.1, 0.15) is 6.42 Å². The lowest BCUT2D eigenvalue weighted by Gasteiger charge is -2.07. The summed E-state index contributed by atoms with van der Waals surface area (Å²) in [5.41, 5.74) is 3.21. The summed E-state index contributed by atoms with van der Waals surface area (Å²) >= 11 is 0. The van der Waals surface area contributed by atoms with Crippen molar-refractivity contribution in [3.63, 3.8) is 0 Å². The fourth-order valence-electron chi connectivity index (χ4n) is 1.95. The van der Waals surface area contributed by atoms with E-state index in [1.165, 1.54) is 0 Å². The van der Waals surface area contributed by atoms with Crippen LogP contribution in [0.15, 0.2) is 48.5 Å². The van der Waals surface area contributed by atoms with E-state index in [-0.39, 0.29) is 12.3 Å². The predicted octanol–water partition coefficient (Wildman–Crippen LogP) is 2.51. The second kappa shape index (κ2) is 7.76. The molecule has 0 aliphatic heterocycles. The molecular weight excluding hydrogens is 290 g/mol. The number of nitriles is 1. The number of carbonyl (C=O) groups excluding carboxylic acids is 2. The van der Waals surface area contributed by atoms with Crippen molar-refractivity contribution in [2.24, 2.45) is 0 Å². The Hall–Kier alpha value is -3.13. The molecule has 0 bridgehead atoms. The van der Waals surface area contributed by atoms with E-state index in [1.54, 1.807) is 24.3 Å². The molecule has 0 spiro atoms. The number of carbonyl (C=O) groups is 2. The fourth-order valence-corrected chi connectivity index (χ4v) is 1.95. The van der Waals surface area contributed by atoms with Crippen molar-refractivity contribution >= 4 is 17.5 Å². The molecule has 0 aromatic heterocycles. The average molecular weight is 307 g/mol. The maximum absolute atomic E-state index is 11.8. The number of nitrogens with one attached hydrogen (secondary N) is 2. The summed E-state index contributed by atoms with van der Waals surface area (Å²) in [6.45, 7) is 2.39. The van der Waals surface area contributed by atoms with Gasteiger partial charge in [0, 0.05) is 12.2 Å². The molecule has 0 fully saturated rings. The molecule has 2 N–H and O–H groups in total. The molecule has 5 heteroatoms. The summed E-state index contributed by atoms with van der Waals surface area (Å²) in [6, 6.07) is 16.3. The first-order chi connectivity index (χ1) is 11.1. The number of hydrogen-bond acceptors (Lipinski definition) is 3. The second-order valence-electron chi connectivity index (χ2n) is 5.18. The van der Waals surface area contributed by atoms with Gasteiger partial charge in [-0.2, -0.15) is 5.26 Å². The van der Waals surface area contributed by atoms with Crippen molar-refractivity contribution in [1.29, 1.82) is 5.26 Å². The maximum atomic E-state index is 11.8. The Morgan fingerprint density at radius 2 is 1.65 bits per heavy atom. The molecule has 0 saturated carbocycles. The largest absolute Gasteiger partial charge is 0.352 e. The lowest BCUT2D eigenvalue weighted by atomic mass is 10.1. The average Bonchev–Trinajstić information content (AvgIpc) is 2.55. The SMILES string of the molecule is Cc1ccc(CNC(=O)CC(=O)Nc2ccc(C#N)cc2)cc1. The molecule has 2 amide bonds. The molecule has 0 atom stereocenters. The lowest BCUT2D eigenvalue weighted by molar-refractivity contribution is -0.126. The standard InChI is InChI=1S/C18H17N3O2/c1-13-2-4-15(5-3-13)12-20-17(22)10-18(23)21-16-8-6-14(11-19)7-9-16/h2-9H,10,12H2,1H3,(H,20,22)(H,21,23). The molecule has 5 nitrogen and oxygen atoms in total. The smallest absolute Gasteiger partial charge is 0.233 e. The summed E-state index contributed by atoms with van der Waals surface area (Å²) < 4.78 is 0. The van der Waals surface area contributed by atoms with Gasteiger partial charge >= 0.3 is 0 Å². The number of amides is 2. The highest BCUT2D eigenvalue weighted by atomic mass is 16.2. The second-order valence-corrected chi connectivity index (χ2v) is 5.18. The van der Waals surface area contributed by atoms with Gasteiger partial charge in [0.15, 0.2) is 0 Å². The molecule has 2 rings (SSSR count). The summed E-state index contributed by atoms with van der Waals surface area (Å²) in [6.07, 6.45) is -0.244. The van der Waals surface area contributed by atoms with E-state index < -0.39 is 5.91 Å². The normalized spacial score (nSPS) is 9.74. The van der Waals surface area contributed by atoms with Crippen molar-refractivity contribution in [2.45, 2.75) is 19.9 Å². The van der Waals surface area contributed by atoms with Gasteiger partial charge in [-0.05, 0) is 36.8 Å². The third kappa shape index (κ3) is 5.29. The van der Waals surface area contributed by atoms with Crippen LogP contribution in [0.2, 0.25) is 0 Å². The molecule has 0 saturated heterocycles. The topological polar surface area (TPSA) is 82.0 Å². The number of hydrogen-bond donors (Lipinski definition) is 2. The summed E-state index contributed by atoms with van der Waals surface area (Å²) in [5, 5.41) is 14.0. The quantitative estimate of drug-likeness (QED) is 0.833. The fraction of sp³-hybridized carbons (Fsp3) is 0.167. The monoisotopic (exact) mass is 307 g/mol. The van der Waals surface area contributed by atoms with Gasteiger partial charge in [0.05, 0.1) is 11.6 Å². The third-order valence-corrected chi connectivity index (χ3v) is 3.23. The van der Waals surface area contributed by atoms with E-state index in [0.29, 0.717) is 17.8 Å². The van der Waals surface area contributed by atoms with Crippen molar-refractivity contribution in [1.82, 2.24) is 5.32 Å². The van der Waals surface area contributed by atoms with Crippen LogP contribution in [-0.2, 0) is 16.1 Å². The highest BCUT2D eigenvalue weighted by Crippen LogP contribution is 2.09. The molecular formula is C18H17N3O2. The van der Waals surface area contributed by atoms with Gasteiger partial charge in [0.25, 0.3) is 0 Å². The Morgan fingerprint density at radius 3 is 2.26 bits per heavy atom. The number of aryl methyl sites for hydroxylation is 1. The zero-order chi connectivity index (χ0) is 16.7. The van der Waals surface area contributed by atoms with Gasteiger partial charge in [0.2, 0.25) is 11.8 Å². The first-order valence-electron chi connectivity index (χ1n) is 7.19. The van der Waals surface area contributed by atoms with Gasteiger partial charge < -0.3 is 10.6 Å². The molecule has 116 valence electrons. The number of anilines is 1. The number of rotatable bonds is 5. The predicted molar refractivity (Wildman–Crippen MR) is 87.4 cm³/mol. The van der Waals surface area contributed by atoms with E-state index in [1.807, 2.05) is 37.3 Å². The van der Waals surface area contributed by atoms with E-state index in [0.717, 1.165) is 11.1 Å². The van der Waals surface area contributed by atoms with Gasteiger partial charge in [-0.3, -0.25) is 9.59 Å². The van der Waals surface area contributed by atoms with Gasteiger partial charge in [-0.15, -0.1) is 0 Å². The highest BCUT2D eigenvalue weighted by Gasteiger charge is 2.09. The first kappa shape index (κ1) is 16.2. The molecule has 2 aromatic rings. The zero-order valence-electron chi connectivity index (χ0n) is 12.8. The van der Waals surface area contributed by atoms with Crippen LogP contribution in [0.4, 0.5) is 5.69 Å². The summed E-state index contributed by atoms with van der Waals surface area (Å²) in [7, 11) is 0. The van der Waals surface area contributed by atoms with Crippen LogP contribution in [0.3, 0.4) is 0 Å². The minimum atomic E-state index is -0.392. The van der Waals surface area contributed by atoms with Gasteiger partial charge in [-0.25, -0.2) is 0 Å². The minimum absolute atomic E-state index is 0.244. The molecule has 2 aromatic carbocycles. The van der Waals surface area contributed by atoms with Crippen LogP contribution in [0, 0.1) is 18.3 Å². The van der Waals surface area contributed by atoms with Crippen molar-refractivity contribution in [3.8, 4) is 6.07 Å². The Morgan fingerprint density at radius 1 is 1.00 bits per heavy atom. The van der Waals surface area contributed by atoms with E-state index in [9.17, 15) is 9.59 Å². The van der Waals surface area contributed by atoms with E-state index >= 15 is 0 Å². The Kier molecular flexibility index (Phi) is 5.48. The van der Waals surface area contributed by atoms with Crippen molar-refractivity contribution in [3.05, 3.63) is 65.2 Å². The molecule has 0 unspecified atom stereocenters. The summed E-state index contributed by atoms with van der Waals surface area (Å²) in [4.78, 5) is 23.6. The Balaban J connectivity index is 1.78. The first-order valence-corrected chi connectivity index (χ1v) is 7.19. The highest BCUT2D eigenvalue weighted by molar-refractivity contribution is 6.03. The Bertz CT molecular complexity index is 728. The van der Waals surface area contributed by atoms with Gasteiger partial charge in [-0.1, -0.05) is 29.8 Å². The zero-order valence-corrected chi connectivity index (χ0v) is 12.8. The number of benzene rings is 2. The lowest BCUT2D eigenvalue weighted by Crippen LogP contribution is -2.27. The molecule has 0 heterocycles. The van der Waals surface area contributed by atoms with Crippen LogP contribution in [-0.4, -0.2) is 11.8 Å². The summed E-state index contributed by atoms with van der Waals surface area (Å²) in [5.74, 6) is -0.729. The maximum Gasteiger partial charge on any atom is 0.233 e. The Labute approximate surface area is 134 Å². The third-order valence-electron chi connectivity index (χ3n) is 3.23. The van der Waals surface area contributed by atoms with E-state index in [2.05, 4.69) is 10.6 Å². The molecule has 0 aliphatic rings. The van der Waals surface area contributed by atoms with Crippen molar-refractivity contribution < 1.29 is 9.59 Å². The van der Waals surface area contributed by atoms with E-state index in [4.69, 9.17) is 5.26 Å². The molecule has 23 heavy (non-hydrogen) atoms.